The van der Waals surface area contributed by atoms with Crippen LogP contribution in [-0.2, 0) is 16.6 Å². The van der Waals surface area contributed by atoms with Gasteiger partial charge in [-0.25, -0.2) is 4.68 Å². The summed E-state index contributed by atoms with van der Waals surface area (Å²) in [4.78, 5) is 41.0. The van der Waals surface area contributed by atoms with Crippen molar-refractivity contribution in [1.29, 1.82) is 0 Å². The minimum absolute atomic E-state index is 0.138. The van der Waals surface area contributed by atoms with E-state index in [1.54, 1.807) is 43.2 Å². The van der Waals surface area contributed by atoms with Crippen LogP contribution >= 0.6 is 0 Å². The highest BCUT2D eigenvalue weighted by Crippen LogP contribution is 2.14. The van der Waals surface area contributed by atoms with Gasteiger partial charge in [0.1, 0.15) is 5.69 Å². The van der Waals surface area contributed by atoms with E-state index in [-0.39, 0.29) is 35.9 Å². The summed E-state index contributed by atoms with van der Waals surface area (Å²) >= 11 is 0. The molecular formula is C21H23N5O3. The Morgan fingerprint density at radius 2 is 1.69 bits per heavy atom. The zero-order valence-electron chi connectivity index (χ0n) is 16.4. The Hall–Kier alpha value is -3.68. The number of hydrogen-bond acceptors (Lipinski definition) is 4. The molecule has 3 aromatic rings. The van der Waals surface area contributed by atoms with Gasteiger partial charge in [-0.2, -0.15) is 0 Å². The van der Waals surface area contributed by atoms with Gasteiger partial charge in [0, 0.05) is 26.1 Å². The molecule has 1 aromatic carbocycles. The van der Waals surface area contributed by atoms with Crippen LogP contribution in [-0.4, -0.2) is 26.2 Å². The molecule has 0 aliphatic heterocycles. The second-order valence-electron chi connectivity index (χ2n) is 6.63. The van der Waals surface area contributed by atoms with Gasteiger partial charge in [-0.1, -0.05) is 18.2 Å². The Bertz CT molecular complexity index is 1060. The van der Waals surface area contributed by atoms with Crippen molar-refractivity contribution in [2.45, 2.75) is 26.2 Å². The van der Waals surface area contributed by atoms with E-state index >= 15 is 0 Å². The van der Waals surface area contributed by atoms with Crippen LogP contribution in [0.1, 0.15) is 25.0 Å². The summed E-state index contributed by atoms with van der Waals surface area (Å²) in [6, 6.07) is 12.7. The van der Waals surface area contributed by atoms with Crippen LogP contribution in [0, 0.1) is 6.92 Å². The number of benzene rings is 1. The standard InChI is InChI=1S/C21H23N5O3/c1-15-20(21(29)26(25(15)2)17-9-4-3-5-10-17)24-19(28)12-6-11-18(27)23-16-8-7-13-22-14-16/h3-5,7-10,13-14H,6,11-12H2,1-2H3,(H,23,27)(H,24,28). The molecule has 0 bridgehead atoms. The SMILES string of the molecule is Cc1c(NC(=O)CCCC(=O)Nc2cccnc2)c(=O)n(-c2ccccc2)n1C. The van der Waals surface area contributed by atoms with Gasteiger partial charge in [0.25, 0.3) is 5.56 Å². The third-order valence-electron chi connectivity index (χ3n) is 4.57. The van der Waals surface area contributed by atoms with Crippen LogP contribution in [0.5, 0.6) is 0 Å². The highest BCUT2D eigenvalue weighted by atomic mass is 16.2. The fourth-order valence-corrected chi connectivity index (χ4v) is 2.98. The van der Waals surface area contributed by atoms with Crippen molar-refractivity contribution in [2.24, 2.45) is 7.05 Å². The van der Waals surface area contributed by atoms with Gasteiger partial charge in [0.2, 0.25) is 11.8 Å². The second-order valence-corrected chi connectivity index (χ2v) is 6.63. The number of hydrogen-bond donors (Lipinski definition) is 2. The average Bonchev–Trinajstić information content (AvgIpc) is 2.92. The first-order valence-electron chi connectivity index (χ1n) is 9.31. The molecule has 0 saturated heterocycles. The number of anilines is 2. The average molecular weight is 393 g/mol. The van der Waals surface area contributed by atoms with Crippen molar-refractivity contribution in [2.75, 3.05) is 10.6 Å². The normalized spacial score (nSPS) is 10.6. The lowest BCUT2D eigenvalue weighted by Gasteiger charge is -2.07. The maximum Gasteiger partial charge on any atom is 0.295 e. The molecule has 29 heavy (non-hydrogen) atoms. The Morgan fingerprint density at radius 3 is 2.34 bits per heavy atom. The molecule has 8 heteroatoms. The number of carbonyl (C=O) groups excluding carboxylic acids is 2. The molecule has 0 atom stereocenters. The van der Waals surface area contributed by atoms with Crippen LogP contribution in [0.15, 0.2) is 59.7 Å². The van der Waals surface area contributed by atoms with E-state index in [2.05, 4.69) is 15.6 Å². The first-order chi connectivity index (χ1) is 14.0. The van der Waals surface area contributed by atoms with Crippen molar-refractivity contribution in [3.63, 3.8) is 0 Å². The quantitative estimate of drug-likeness (QED) is 0.645. The Kier molecular flexibility index (Phi) is 6.23. The molecule has 0 aliphatic rings. The molecule has 2 amide bonds. The fraction of sp³-hybridized carbons (Fsp3) is 0.238. The molecule has 2 N–H and O–H groups in total. The molecular weight excluding hydrogens is 370 g/mol. The molecule has 2 heterocycles. The first-order valence-corrected chi connectivity index (χ1v) is 9.31. The zero-order chi connectivity index (χ0) is 20.8. The number of carbonyl (C=O) groups is 2. The van der Waals surface area contributed by atoms with Crippen LogP contribution in [0.3, 0.4) is 0 Å². The zero-order valence-corrected chi connectivity index (χ0v) is 16.4. The number of rotatable bonds is 7. The van der Waals surface area contributed by atoms with Crippen molar-refractivity contribution >= 4 is 23.2 Å². The number of para-hydroxylation sites is 1. The van der Waals surface area contributed by atoms with Gasteiger partial charge in [-0.3, -0.25) is 24.0 Å². The van der Waals surface area contributed by atoms with E-state index in [0.29, 0.717) is 17.8 Å². The lowest BCUT2D eigenvalue weighted by atomic mass is 10.2. The van der Waals surface area contributed by atoms with Gasteiger partial charge >= 0.3 is 0 Å². The summed E-state index contributed by atoms with van der Waals surface area (Å²) in [5.41, 5.74) is 1.94. The van der Waals surface area contributed by atoms with Crippen molar-refractivity contribution in [3.8, 4) is 5.69 Å². The summed E-state index contributed by atoms with van der Waals surface area (Å²) in [6.07, 6.45) is 3.89. The molecule has 3 rings (SSSR count). The highest BCUT2D eigenvalue weighted by Gasteiger charge is 2.18. The molecule has 0 saturated carbocycles. The van der Waals surface area contributed by atoms with Gasteiger partial charge in [-0.05, 0) is 37.6 Å². The first kappa shape index (κ1) is 20.1. The summed E-state index contributed by atoms with van der Waals surface area (Å²) in [5.74, 6) is -0.488. The molecule has 2 aromatic heterocycles. The molecule has 0 aliphatic carbocycles. The number of nitrogens with zero attached hydrogens (tertiary/aromatic N) is 3. The number of amides is 2. The summed E-state index contributed by atoms with van der Waals surface area (Å²) in [7, 11) is 1.77. The van der Waals surface area contributed by atoms with Crippen LogP contribution in [0.2, 0.25) is 0 Å². The number of aromatic nitrogens is 3. The van der Waals surface area contributed by atoms with E-state index in [4.69, 9.17) is 0 Å². The maximum absolute atomic E-state index is 12.8. The molecule has 8 nitrogen and oxygen atoms in total. The molecule has 0 spiro atoms. The minimum atomic E-state index is -0.301. The van der Waals surface area contributed by atoms with Gasteiger partial charge < -0.3 is 10.6 Å². The van der Waals surface area contributed by atoms with Crippen LogP contribution in [0.4, 0.5) is 11.4 Å². The van der Waals surface area contributed by atoms with E-state index in [9.17, 15) is 14.4 Å². The fourth-order valence-electron chi connectivity index (χ4n) is 2.98. The minimum Gasteiger partial charge on any atom is -0.325 e. The second kappa shape index (κ2) is 9.01. The monoisotopic (exact) mass is 393 g/mol. The smallest absolute Gasteiger partial charge is 0.295 e. The van der Waals surface area contributed by atoms with Gasteiger partial charge in [-0.15, -0.1) is 0 Å². The Labute approximate surface area is 168 Å². The third-order valence-corrected chi connectivity index (χ3v) is 4.57. The summed E-state index contributed by atoms with van der Waals surface area (Å²) < 4.78 is 3.21. The Balaban J connectivity index is 1.58. The lowest BCUT2D eigenvalue weighted by molar-refractivity contribution is -0.117. The predicted molar refractivity (Wildman–Crippen MR) is 111 cm³/mol. The summed E-state index contributed by atoms with van der Waals surface area (Å²) in [5, 5.41) is 5.42. The topological polar surface area (TPSA) is 98.0 Å². The molecule has 0 unspecified atom stereocenters. The van der Waals surface area contributed by atoms with Crippen molar-refractivity contribution in [1.82, 2.24) is 14.3 Å². The van der Waals surface area contributed by atoms with Crippen molar-refractivity contribution in [3.05, 3.63) is 70.9 Å². The molecule has 150 valence electrons. The van der Waals surface area contributed by atoms with Crippen LogP contribution in [0.25, 0.3) is 5.69 Å². The molecule has 0 radical (unpaired) electrons. The largest absolute Gasteiger partial charge is 0.325 e. The third kappa shape index (κ3) is 4.78. The van der Waals surface area contributed by atoms with Gasteiger partial charge in [0.15, 0.2) is 0 Å². The number of nitrogens with one attached hydrogen (secondary N) is 2. The predicted octanol–water partition coefficient (Wildman–Crippen LogP) is 2.63. The Morgan fingerprint density at radius 1 is 1.00 bits per heavy atom. The highest BCUT2D eigenvalue weighted by molar-refractivity contribution is 5.93. The number of pyridine rings is 1. The van der Waals surface area contributed by atoms with Crippen molar-refractivity contribution < 1.29 is 9.59 Å². The maximum atomic E-state index is 12.8. The van der Waals surface area contributed by atoms with E-state index in [1.807, 2.05) is 30.3 Å². The lowest BCUT2D eigenvalue weighted by Crippen LogP contribution is -2.23. The van der Waals surface area contributed by atoms with E-state index in [0.717, 1.165) is 5.69 Å². The van der Waals surface area contributed by atoms with Gasteiger partial charge in [0.05, 0.1) is 23.3 Å². The van der Waals surface area contributed by atoms with E-state index < -0.39 is 0 Å². The summed E-state index contributed by atoms with van der Waals surface area (Å²) in [6.45, 7) is 1.78. The van der Waals surface area contributed by atoms with E-state index in [1.165, 1.54) is 4.68 Å². The molecule has 0 fully saturated rings. The van der Waals surface area contributed by atoms with Crippen LogP contribution < -0.4 is 16.2 Å².